The van der Waals surface area contributed by atoms with Crippen LogP contribution in [0.4, 0.5) is 0 Å². The van der Waals surface area contributed by atoms with E-state index in [1.54, 1.807) is 18.7 Å². The van der Waals surface area contributed by atoms with E-state index in [-0.39, 0.29) is 17.7 Å². The first-order valence-electron chi connectivity index (χ1n) is 7.78. The lowest BCUT2D eigenvalue weighted by Gasteiger charge is -2.35. The van der Waals surface area contributed by atoms with E-state index < -0.39 is 5.54 Å². The summed E-state index contributed by atoms with van der Waals surface area (Å²) in [4.78, 5) is 26.1. The molecule has 0 atom stereocenters. The van der Waals surface area contributed by atoms with Gasteiger partial charge in [0.2, 0.25) is 11.8 Å². The van der Waals surface area contributed by atoms with Gasteiger partial charge in [-0.2, -0.15) is 0 Å². The lowest BCUT2D eigenvalue weighted by Crippen LogP contribution is -2.54. The molecule has 1 fully saturated rings. The van der Waals surface area contributed by atoms with E-state index in [1.807, 2.05) is 30.3 Å². The molecule has 5 nitrogen and oxygen atoms in total. The van der Waals surface area contributed by atoms with Crippen LogP contribution in [0.15, 0.2) is 30.3 Å². The van der Waals surface area contributed by atoms with Crippen molar-refractivity contribution in [2.24, 2.45) is 11.7 Å². The molecule has 1 aliphatic heterocycles. The summed E-state index contributed by atoms with van der Waals surface area (Å²) >= 11 is 0. The van der Waals surface area contributed by atoms with Gasteiger partial charge in [-0.3, -0.25) is 9.59 Å². The summed E-state index contributed by atoms with van der Waals surface area (Å²) < 4.78 is 0. The van der Waals surface area contributed by atoms with Crippen LogP contribution >= 0.6 is 0 Å². The van der Waals surface area contributed by atoms with Crippen LogP contribution in [0.2, 0.25) is 0 Å². The fourth-order valence-corrected chi connectivity index (χ4v) is 2.68. The number of benzene rings is 1. The predicted molar refractivity (Wildman–Crippen MR) is 85.9 cm³/mol. The Morgan fingerprint density at radius 2 is 1.82 bits per heavy atom. The van der Waals surface area contributed by atoms with Crippen LogP contribution in [0.1, 0.15) is 32.3 Å². The fourth-order valence-electron chi connectivity index (χ4n) is 2.68. The number of hydrogen-bond donors (Lipinski definition) is 2. The van der Waals surface area contributed by atoms with Crippen molar-refractivity contribution in [3.8, 4) is 0 Å². The van der Waals surface area contributed by atoms with Gasteiger partial charge in [-0.1, -0.05) is 30.3 Å². The molecule has 2 amide bonds. The first-order valence-corrected chi connectivity index (χ1v) is 7.78. The van der Waals surface area contributed by atoms with E-state index >= 15 is 0 Å². The minimum absolute atomic E-state index is 0.0198. The molecule has 0 aromatic heterocycles. The summed E-state index contributed by atoms with van der Waals surface area (Å²) in [5, 5.41) is 2.98. The Bertz CT molecular complexity index is 514. The number of nitrogens with two attached hydrogens (primary N) is 1. The number of nitrogens with zero attached hydrogens (tertiary/aromatic N) is 1. The highest BCUT2D eigenvalue weighted by Gasteiger charge is 2.32. The molecule has 1 aliphatic rings. The minimum atomic E-state index is -0.845. The Morgan fingerprint density at radius 3 is 2.36 bits per heavy atom. The molecular weight excluding hydrogens is 278 g/mol. The molecule has 0 unspecified atom stereocenters. The Kier molecular flexibility index (Phi) is 5.19. The van der Waals surface area contributed by atoms with Crippen LogP contribution in [-0.2, 0) is 16.1 Å². The second-order valence-electron chi connectivity index (χ2n) is 6.49. The van der Waals surface area contributed by atoms with E-state index in [0.717, 1.165) is 5.56 Å². The van der Waals surface area contributed by atoms with E-state index in [0.29, 0.717) is 32.5 Å². The van der Waals surface area contributed by atoms with Crippen LogP contribution in [0, 0.1) is 5.92 Å². The summed E-state index contributed by atoms with van der Waals surface area (Å²) in [6.45, 7) is 5.18. The zero-order valence-electron chi connectivity index (χ0n) is 13.3. The van der Waals surface area contributed by atoms with Gasteiger partial charge in [0, 0.05) is 25.6 Å². The van der Waals surface area contributed by atoms with Gasteiger partial charge in [-0.15, -0.1) is 0 Å². The first-order chi connectivity index (χ1) is 10.4. The van der Waals surface area contributed by atoms with Gasteiger partial charge >= 0.3 is 0 Å². The maximum atomic E-state index is 12.2. The number of carbonyl (C=O) groups is 2. The second-order valence-corrected chi connectivity index (χ2v) is 6.49. The quantitative estimate of drug-likeness (QED) is 0.880. The highest BCUT2D eigenvalue weighted by molar-refractivity contribution is 5.85. The van der Waals surface area contributed by atoms with Crippen molar-refractivity contribution in [1.82, 2.24) is 10.2 Å². The summed E-state index contributed by atoms with van der Waals surface area (Å²) in [5.74, 6) is 0.00672. The van der Waals surface area contributed by atoms with Crippen molar-refractivity contribution in [2.75, 3.05) is 13.1 Å². The number of hydrogen-bond acceptors (Lipinski definition) is 3. The molecule has 22 heavy (non-hydrogen) atoms. The number of likely N-dealkylation sites (tertiary alicyclic amines) is 1. The van der Waals surface area contributed by atoms with Crippen LogP contribution in [0.5, 0.6) is 0 Å². The van der Waals surface area contributed by atoms with Crippen LogP contribution in [0.3, 0.4) is 0 Å². The third-order valence-electron chi connectivity index (χ3n) is 4.01. The van der Waals surface area contributed by atoms with Crippen molar-refractivity contribution in [3.05, 3.63) is 35.9 Å². The zero-order valence-corrected chi connectivity index (χ0v) is 13.3. The molecule has 5 heteroatoms. The molecule has 2 rings (SSSR count). The molecular formula is C17H25N3O2. The molecule has 0 saturated carbocycles. The molecule has 3 N–H and O–H groups in total. The molecule has 1 aromatic rings. The smallest absolute Gasteiger partial charge is 0.242 e. The normalized spacial score (nSPS) is 16.4. The van der Waals surface area contributed by atoms with Gasteiger partial charge in [-0.05, 0) is 32.3 Å². The Morgan fingerprint density at radius 1 is 1.23 bits per heavy atom. The zero-order chi connectivity index (χ0) is 16.2. The maximum Gasteiger partial charge on any atom is 0.242 e. The summed E-state index contributed by atoms with van der Waals surface area (Å²) in [7, 11) is 0. The molecule has 1 aromatic carbocycles. The summed E-state index contributed by atoms with van der Waals surface area (Å²) in [6, 6.07) is 9.85. The molecule has 1 heterocycles. The molecule has 0 spiro atoms. The Labute approximate surface area is 131 Å². The maximum absolute atomic E-state index is 12.2. The number of rotatable bonds is 4. The van der Waals surface area contributed by atoms with Gasteiger partial charge in [0.1, 0.15) is 0 Å². The van der Waals surface area contributed by atoms with Gasteiger partial charge in [0.25, 0.3) is 0 Å². The molecule has 120 valence electrons. The van der Waals surface area contributed by atoms with Gasteiger partial charge in [0.05, 0.1) is 5.54 Å². The van der Waals surface area contributed by atoms with Crippen LogP contribution in [-0.4, -0.2) is 35.3 Å². The van der Waals surface area contributed by atoms with Crippen molar-refractivity contribution < 1.29 is 9.59 Å². The number of nitrogens with one attached hydrogen (secondary N) is 1. The third-order valence-corrected chi connectivity index (χ3v) is 4.01. The van der Waals surface area contributed by atoms with Crippen LogP contribution in [0.25, 0.3) is 0 Å². The number of carbonyl (C=O) groups excluding carboxylic acids is 2. The number of amides is 2. The van der Waals surface area contributed by atoms with Gasteiger partial charge < -0.3 is 16.0 Å². The van der Waals surface area contributed by atoms with Crippen molar-refractivity contribution in [1.29, 1.82) is 0 Å². The lowest BCUT2D eigenvalue weighted by atomic mass is 9.94. The minimum Gasteiger partial charge on any atom is -0.352 e. The topological polar surface area (TPSA) is 75.4 Å². The standard InChI is InChI=1S/C17H25N3O2/c1-17(2,18)16(22)20-10-8-14(9-11-20)15(21)19-12-13-6-4-3-5-7-13/h3-7,14H,8-12,18H2,1-2H3,(H,19,21). The highest BCUT2D eigenvalue weighted by atomic mass is 16.2. The van der Waals surface area contributed by atoms with Crippen molar-refractivity contribution >= 4 is 11.8 Å². The molecule has 0 radical (unpaired) electrons. The average Bonchev–Trinajstić information content (AvgIpc) is 2.52. The lowest BCUT2D eigenvalue weighted by molar-refractivity contribution is -0.139. The number of piperidine rings is 1. The van der Waals surface area contributed by atoms with E-state index in [2.05, 4.69) is 5.32 Å². The molecule has 0 bridgehead atoms. The Hall–Kier alpha value is -1.88. The third kappa shape index (κ3) is 4.31. The SMILES string of the molecule is CC(C)(N)C(=O)N1CCC(C(=O)NCc2ccccc2)CC1. The largest absolute Gasteiger partial charge is 0.352 e. The van der Waals surface area contributed by atoms with Crippen LogP contribution < -0.4 is 11.1 Å². The van der Waals surface area contributed by atoms with Crippen molar-refractivity contribution in [2.45, 2.75) is 38.8 Å². The summed E-state index contributed by atoms with van der Waals surface area (Å²) in [6.07, 6.45) is 1.39. The first kappa shape index (κ1) is 16.5. The van der Waals surface area contributed by atoms with Gasteiger partial charge in [0.15, 0.2) is 0 Å². The monoisotopic (exact) mass is 303 g/mol. The van der Waals surface area contributed by atoms with E-state index in [4.69, 9.17) is 5.73 Å². The second kappa shape index (κ2) is 6.92. The Balaban J connectivity index is 1.79. The fraction of sp³-hybridized carbons (Fsp3) is 0.529. The van der Waals surface area contributed by atoms with E-state index in [1.165, 1.54) is 0 Å². The van der Waals surface area contributed by atoms with Crippen molar-refractivity contribution in [3.63, 3.8) is 0 Å². The van der Waals surface area contributed by atoms with E-state index in [9.17, 15) is 9.59 Å². The predicted octanol–water partition coefficient (Wildman–Crippen LogP) is 1.28. The highest BCUT2D eigenvalue weighted by Crippen LogP contribution is 2.19. The molecule has 1 saturated heterocycles. The average molecular weight is 303 g/mol. The van der Waals surface area contributed by atoms with Gasteiger partial charge in [-0.25, -0.2) is 0 Å². The summed E-state index contributed by atoms with van der Waals surface area (Å²) in [5.41, 5.74) is 6.09. The molecule has 0 aliphatic carbocycles.